The lowest BCUT2D eigenvalue weighted by Gasteiger charge is -2.26. The third-order valence-electron chi connectivity index (χ3n) is 5.16. The van der Waals surface area contributed by atoms with Gasteiger partial charge in [-0.2, -0.15) is 5.26 Å². The summed E-state index contributed by atoms with van der Waals surface area (Å²) in [5, 5.41) is 11.7. The number of benzene rings is 2. The summed E-state index contributed by atoms with van der Waals surface area (Å²) >= 11 is 0. The average Bonchev–Trinajstić information content (AvgIpc) is 2.83. The van der Waals surface area contributed by atoms with Gasteiger partial charge in [0.25, 0.3) is 5.91 Å². The van der Waals surface area contributed by atoms with Gasteiger partial charge in [0, 0.05) is 25.7 Å². The standard InChI is InChI=1S/C24H25F2N7O/c25-18-7-8-19(20(26)13-18)24(34)30-10-2-12-33(11-1-9-27)23-21(22(29)31-15-32-23)17-5-3-16(14-28)4-6-17/h3-8,13,15H,1-2,9-12,27H2,(H,30,34)(H2,29,31,32). The highest BCUT2D eigenvalue weighted by Crippen LogP contribution is 2.33. The Kier molecular flexibility index (Phi) is 8.43. The number of nitrogens with one attached hydrogen (secondary N) is 1. The minimum atomic E-state index is -0.911. The van der Waals surface area contributed by atoms with Crippen LogP contribution in [0.25, 0.3) is 11.1 Å². The third-order valence-corrected chi connectivity index (χ3v) is 5.16. The van der Waals surface area contributed by atoms with Gasteiger partial charge in [0.1, 0.15) is 29.6 Å². The molecule has 1 amide bonds. The number of anilines is 2. The molecular weight excluding hydrogens is 440 g/mol. The zero-order valence-corrected chi connectivity index (χ0v) is 18.5. The van der Waals surface area contributed by atoms with E-state index in [1.807, 2.05) is 4.90 Å². The van der Waals surface area contributed by atoms with Crippen LogP contribution in [-0.2, 0) is 0 Å². The van der Waals surface area contributed by atoms with E-state index in [-0.39, 0.29) is 12.1 Å². The molecule has 3 rings (SSSR count). The fraction of sp³-hybridized carbons (Fsp3) is 0.250. The van der Waals surface area contributed by atoms with Crippen LogP contribution in [0, 0.1) is 23.0 Å². The number of halogens is 2. The van der Waals surface area contributed by atoms with E-state index in [1.54, 1.807) is 24.3 Å². The zero-order chi connectivity index (χ0) is 24.5. The van der Waals surface area contributed by atoms with Crippen LogP contribution in [0.3, 0.4) is 0 Å². The monoisotopic (exact) mass is 465 g/mol. The molecule has 2 aromatic carbocycles. The Balaban J connectivity index is 1.74. The Morgan fingerprint density at radius 2 is 1.82 bits per heavy atom. The molecule has 1 heterocycles. The molecule has 0 unspecified atom stereocenters. The van der Waals surface area contributed by atoms with E-state index in [9.17, 15) is 13.6 Å². The number of nitrogens with zero attached hydrogens (tertiary/aromatic N) is 4. The van der Waals surface area contributed by atoms with Crippen molar-refractivity contribution in [2.24, 2.45) is 5.73 Å². The van der Waals surface area contributed by atoms with Crippen molar-refractivity contribution < 1.29 is 13.6 Å². The van der Waals surface area contributed by atoms with E-state index in [2.05, 4.69) is 21.4 Å². The lowest BCUT2D eigenvalue weighted by atomic mass is 10.0. The molecule has 0 saturated carbocycles. The van der Waals surface area contributed by atoms with Gasteiger partial charge in [-0.1, -0.05) is 12.1 Å². The molecule has 8 nitrogen and oxygen atoms in total. The SMILES string of the molecule is N#Cc1ccc(-c2c(N)ncnc2N(CCCN)CCCNC(=O)c2ccc(F)cc2F)cc1. The molecule has 10 heteroatoms. The van der Waals surface area contributed by atoms with E-state index in [0.717, 1.165) is 17.7 Å². The molecule has 0 aliphatic carbocycles. The van der Waals surface area contributed by atoms with Gasteiger partial charge in [-0.05, 0) is 49.2 Å². The van der Waals surface area contributed by atoms with Crippen molar-refractivity contribution in [3.05, 3.63) is 71.6 Å². The lowest BCUT2D eigenvalue weighted by Crippen LogP contribution is -2.32. The second-order valence-electron chi connectivity index (χ2n) is 7.51. The predicted molar refractivity (Wildman–Crippen MR) is 126 cm³/mol. The fourth-order valence-corrected chi connectivity index (χ4v) is 3.46. The van der Waals surface area contributed by atoms with E-state index in [1.165, 1.54) is 6.33 Å². The van der Waals surface area contributed by atoms with Gasteiger partial charge in [-0.3, -0.25) is 4.79 Å². The van der Waals surface area contributed by atoms with Crippen molar-refractivity contribution in [3.8, 4) is 17.2 Å². The molecule has 0 aliphatic rings. The molecular formula is C24H25F2N7O. The predicted octanol–water partition coefficient (Wildman–Crippen LogP) is 2.85. The number of amides is 1. The first kappa shape index (κ1) is 24.5. The molecule has 3 aromatic rings. The van der Waals surface area contributed by atoms with Crippen LogP contribution in [0.15, 0.2) is 48.8 Å². The molecule has 5 N–H and O–H groups in total. The van der Waals surface area contributed by atoms with Crippen LogP contribution in [0.2, 0.25) is 0 Å². The number of carbonyl (C=O) groups excluding carboxylic acids is 1. The molecule has 0 spiro atoms. The highest BCUT2D eigenvalue weighted by Gasteiger charge is 2.18. The van der Waals surface area contributed by atoms with Crippen LogP contribution >= 0.6 is 0 Å². The molecule has 0 aliphatic heterocycles. The number of aromatic nitrogens is 2. The number of rotatable bonds is 10. The second-order valence-corrected chi connectivity index (χ2v) is 7.51. The number of nitrogens with two attached hydrogens (primary N) is 2. The smallest absolute Gasteiger partial charge is 0.254 e. The van der Waals surface area contributed by atoms with Crippen LogP contribution < -0.4 is 21.7 Å². The maximum Gasteiger partial charge on any atom is 0.254 e. The summed E-state index contributed by atoms with van der Waals surface area (Å²) in [6.07, 6.45) is 2.60. The fourth-order valence-electron chi connectivity index (χ4n) is 3.46. The number of hydrogen-bond acceptors (Lipinski definition) is 7. The maximum atomic E-state index is 13.8. The highest BCUT2D eigenvalue weighted by atomic mass is 19.1. The Labute approximate surface area is 196 Å². The number of nitrogen functional groups attached to an aromatic ring is 1. The molecule has 0 fully saturated rings. The van der Waals surface area contributed by atoms with Gasteiger partial charge in [-0.25, -0.2) is 18.7 Å². The first-order valence-electron chi connectivity index (χ1n) is 10.7. The van der Waals surface area contributed by atoms with Crippen LogP contribution in [-0.4, -0.2) is 42.1 Å². The normalized spacial score (nSPS) is 10.5. The topological polar surface area (TPSA) is 134 Å². The lowest BCUT2D eigenvalue weighted by molar-refractivity contribution is 0.0949. The summed E-state index contributed by atoms with van der Waals surface area (Å²) in [4.78, 5) is 22.8. The molecule has 34 heavy (non-hydrogen) atoms. The molecule has 0 radical (unpaired) electrons. The summed E-state index contributed by atoms with van der Waals surface area (Å²) in [5.41, 5.74) is 13.6. The van der Waals surface area contributed by atoms with Crippen LogP contribution in [0.5, 0.6) is 0 Å². The van der Waals surface area contributed by atoms with E-state index >= 15 is 0 Å². The van der Waals surface area contributed by atoms with Crippen molar-refractivity contribution in [3.63, 3.8) is 0 Å². The maximum absolute atomic E-state index is 13.8. The Morgan fingerprint density at radius 3 is 2.50 bits per heavy atom. The van der Waals surface area contributed by atoms with Gasteiger partial charge in [0.2, 0.25) is 0 Å². The van der Waals surface area contributed by atoms with Crippen LogP contribution in [0.4, 0.5) is 20.4 Å². The van der Waals surface area contributed by atoms with Gasteiger partial charge >= 0.3 is 0 Å². The van der Waals surface area contributed by atoms with Gasteiger partial charge in [0.05, 0.1) is 22.8 Å². The Morgan fingerprint density at radius 1 is 1.09 bits per heavy atom. The van der Waals surface area contributed by atoms with E-state index in [0.29, 0.717) is 61.3 Å². The van der Waals surface area contributed by atoms with Gasteiger partial charge in [0.15, 0.2) is 0 Å². The molecule has 0 atom stereocenters. The number of hydrogen-bond donors (Lipinski definition) is 3. The Bertz CT molecular complexity index is 1180. The van der Waals surface area contributed by atoms with Crippen molar-refractivity contribution in [2.45, 2.75) is 12.8 Å². The van der Waals surface area contributed by atoms with Crippen molar-refractivity contribution in [1.82, 2.24) is 15.3 Å². The summed E-state index contributed by atoms with van der Waals surface area (Å²) in [7, 11) is 0. The third kappa shape index (κ3) is 6.02. The molecule has 1 aromatic heterocycles. The van der Waals surface area contributed by atoms with Crippen molar-refractivity contribution in [2.75, 3.05) is 36.8 Å². The summed E-state index contributed by atoms with van der Waals surface area (Å²) in [5.74, 6) is -1.36. The highest BCUT2D eigenvalue weighted by molar-refractivity contribution is 5.94. The first-order chi connectivity index (χ1) is 16.4. The second kappa shape index (κ2) is 11.7. The molecule has 176 valence electrons. The summed E-state index contributed by atoms with van der Waals surface area (Å²) in [6, 6.07) is 11.9. The van der Waals surface area contributed by atoms with Crippen LogP contribution in [0.1, 0.15) is 28.8 Å². The number of nitriles is 1. The average molecular weight is 466 g/mol. The number of carbonyl (C=O) groups is 1. The zero-order valence-electron chi connectivity index (χ0n) is 18.5. The van der Waals surface area contributed by atoms with E-state index < -0.39 is 17.5 Å². The summed E-state index contributed by atoms with van der Waals surface area (Å²) < 4.78 is 26.9. The van der Waals surface area contributed by atoms with Gasteiger partial charge < -0.3 is 21.7 Å². The van der Waals surface area contributed by atoms with E-state index in [4.69, 9.17) is 16.7 Å². The quantitative estimate of drug-likeness (QED) is 0.392. The summed E-state index contributed by atoms with van der Waals surface area (Å²) in [6.45, 7) is 1.84. The van der Waals surface area contributed by atoms with Crippen molar-refractivity contribution in [1.29, 1.82) is 5.26 Å². The molecule has 0 bridgehead atoms. The Hall–Kier alpha value is -4.10. The van der Waals surface area contributed by atoms with Crippen molar-refractivity contribution >= 4 is 17.5 Å². The van der Waals surface area contributed by atoms with Gasteiger partial charge in [-0.15, -0.1) is 0 Å². The first-order valence-corrected chi connectivity index (χ1v) is 10.7. The minimum Gasteiger partial charge on any atom is -0.383 e. The minimum absolute atomic E-state index is 0.215. The molecule has 0 saturated heterocycles. The largest absolute Gasteiger partial charge is 0.383 e.